The standard InChI is InChI=1S/C13H24N2O4S/c1-11-9-20(17,18)8-7-15(11)12(16)13(10-19-2)3-5-14-6-4-13/h11,14H,3-10H2,1-2H3. The van der Waals surface area contributed by atoms with Gasteiger partial charge in [-0.15, -0.1) is 0 Å². The number of piperidine rings is 1. The van der Waals surface area contributed by atoms with E-state index in [2.05, 4.69) is 5.32 Å². The lowest BCUT2D eigenvalue weighted by atomic mass is 9.78. The first-order valence-electron chi connectivity index (χ1n) is 7.11. The van der Waals surface area contributed by atoms with Crippen molar-refractivity contribution in [3.8, 4) is 0 Å². The zero-order valence-corrected chi connectivity index (χ0v) is 13.0. The van der Waals surface area contributed by atoms with Gasteiger partial charge in [0.2, 0.25) is 5.91 Å². The third kappa shape index (κ3) is 3.15. The van der Waals surface area contributed by atoms with Crippen LogP contribution in [0.15, 0.2) is 0 Å². The second-order valence-corrected chi connectivity index (χ2v) is 8.15. The molecule has 6 nitrogen and oxygen atoms in total. The van der Waals surface area contributed by atoms with Gasteiger partial charge < -0.3 is 15.0 Å². The molecular weight excluding hydrogens is 280 g/mol. The summed E-state index contributed by atoms with van der Waals surface area (Å²) in [6.45, 7) is 4.13. The second kappa shape index (κ2) is 5.99. The fraction of sp³-hybridized carbons (Fsp3) is 0.923. The number of nitrogens with one attached hydrogen (secondary N) is 1. The number of sulfone groups is 1. The molecule has 0 spiro atoms. The molecule has 2 heterocycles. The van der Waals surface area contributed by atoms with Gasteiger partial charge in [-0.1, -0.05) is 0 Å². The van der Waals surface area contributed by atoms with Crippen molar-refractivity contribution in [1.82, 2.24) is 10.2 Å². The Morgan fingerprint density at radius 3 is 2.60 bits per heavy atom. The maximum Gasteiger partial charge on any atom is 0.231 e. The number of carbonyl (C=O) groups excluding carboxylic acids is 1. The SMILES string of the molecule is COCC1(C(=O)N2CCS(=O)(=O)CC2C)CCNCC1. The predicted molar refractivity (Wildman–Crippen MR) is 76.2 cm³/mol. The maximum atomic E-state index is 12.9. The number of hydrogen-bond donors (Lipinski definition) is 1. The molecule has 2 aliphatic rings. The molecule has 1 N–H and O–H groups in total. The highest BCUT2D eigenvalue weighted by Gasteiger charge is 2.45. The number of methoxy groups -OCH3 is 1. The van der Waals surface area contributed by atoms with Crippen molar-refractivity contribution in [2.75, 3.05) is 44.9 Å². The lowest BCUT2D eigenvalue weighted by Crippen LogP contribution is -2.57. The normalized spacial score (nSPS) is 29.1. The van der Waals surface area contributed by atoms with Crippen molar-refractivity contribution in [3.05, 3.63) is 0 Å². The van der Waals surface area contributed by atoms with Crippen molar-refractivity contribution in [1.29, 1.82) is 0 Å². The first-order chi connectivity index (χ1) is 9.40. The van der Waals surface area contributed by atoms with Gasteiger partial charge in [0.25, 0.3) is 0 Å². The van der Waals surface area contributed by atoms with E-state index >= 15 is 0 Å². The summed E-state index contributed by atoms with van der Waals surface area (Å²) in [4.78, 5) is 14.7. The van der Waals surface area contributed by atoms with E-state index in [0.717, 1.165) is 25.9 Å². The van der Waals surface area contributed by atoms with Crippen molar-refractivity contribution < 1.29 is 17.9 Å². The topological polar surface area (TPSA) is 75.7 Å². The van der Waals surface area contributed by atoms with Crippen LogP contribution in [0.3, 0.4) is 0 Å². The molecular formula is C13H24N2O4S. The van der Waals surface area contributed by atoms with Crippen LogP contribution in [0.25, 0.3) is 0 Å². The molecule has 2 saturated heterocycles. The Morgan fingerprint density at radius 2 is 2.05 bits per heavy atom. The Labute approximate surface area is 120 Å². The van der Waals surface area contributed by atoms with Crippen molar-refractivity contribution in [2.24, 2.45) is 5.41 Å². The Hall–Kier alpha value is -0.660. The Balaban J connectivity index is 2.15. The zero-order chi connectivity index (χ0) is 14.8. The van der Waals surface area contributed by atoms with Crippen molar-refractivity contribution in [2.45, 2.75) is 25.8 Å². The van der Waals surface area contributed by atoms with Gasteiger partial charge in [0.1, 0.15) is 0 Å². The Bertz CT molecular complexity index is 451. The first-order valence-corrected chi connectivity index (χ1v) is 8.93. The number of ether oxygens (including phenoxy) is 1. The minimum atomic E-state index is -3.00. The van der Waals surface area contributed by atoms with Gasteiger partial charge in [0.05, 0.1) is 23.5 Å². The second-order valence-electron chi connectivity index (χ2n) is 5.93. The number of nitrogens with zero attached hydrogens (tertiary/aromatic N) is 1. The first kappa shape index (κ1) is 15.7. The largest absolute Gasteiger partial charge is 0.384 e. The minimum Gasteiger partial charge on any atom is -0.384 e. The summed E-state index contributed by atoms with van der Waals surface area (Å²) < 4.78 is 28.6. The molecule has 0 aromatic heterocycles. The fourth-order valence-electron chi connectivity index (χ4n) is 3.21. The molecule has 1 amide bonds. The summed E-state index contributed by atoms with van der Waals surface area (Å²) in [6, 6.07) is -0.245. The molecule has 0 aliphatic carbocycles. The van der Waals surface area contributed by atoms with E-state index in [4.69, 9.17) is 4.74 Å². The van der Waals surface area contributed by atoms with Gasteiger partial charge >= 0.3 is 0 Å². The molecule has 0 radical (unpaired) electrons. The molecule has 116 valence electrons. The number of carbonyl (C=O) groups is 1. The van der Waals surface area contributed by atoms with Gasteiger partial charge in [-0.25, -0.2) is 8.42 Å². The molecule has 1 atom stereocenters. The molecule has 0 saturated carbocycles. The molecule has 2 aliphatic heterocycles. The molecule has 20 heavy (non-hydrogen) atoms. The molecule has 2 fully saturated rings. The van der Waals surface area contributed by atoms with Gasteiger partial charge in [-0.3, -0.25) is 4.79 Å². The number of amides is 1. The Morgan fingerprint density at radius 1 is 1.40 bits per heavy atom. The van der Waals surface area contributed by atoms with Gasteiger partial charge in [-0.2, -0.15) is 0 Å². The van der Waals surface area contributed by atoms with Gasteiger partial charge in [-0.05, 0) is 32.9 Å². The highest BCUT2D eigenvalue weighted by Crippen LogP contribution is 2.33. The van der Waals surface area contributed by atoms with Crippen LogP contribution in [0.4, 0.5) is 0 Å². The van der Waals surface area contributed by atoms with Crippen LogP contribution < -0.4 is 5.32 Å². The Kier molecular flexibility index (Phi) is 4.71. The summed E-state index contributed by atoms with van der Waals surface area (Å²) in [6.07, 6.45) is 1.49. The lowest BCUT2D eigenvalue weighted by molar-refractivity contribution is -0.149. The highest BCUT2D eigenvalue weighted by molar-refractivity contribution is 7.91. The van der Waals surface area contributed by atoms with E-state index in [-0.39, 0.29) is 23.5 Å². The average molecular weight is 304 g/mol. The van der Waals surface area contributed by atoms with Crippen LogP contribution >= 0.6 is 0 Å². The lowest BCUT2D eigenvalue weighted by Gasteiger charge is -2.43. The number of hydrogen-bond acceptors (Lipinski definition) is 5. The molecule has 0 aromatic rings. The highest BCUT2D eigenvalue weighted by atomic mass is 32.2. The summed E-state index contributed by atoms with van der Waals surface area (Å²) in [5, 5.41) is 3.26. The summed E-state index contributed by atoms with van der Waals surface area (Å²) >= 11 is 0. The van der Waals surface area contributed by atoms with E-state index in [0.29, 0.717) is 13.2 Å². The molecule has 7 heteroatoms. The summed E-state index contributed by atoms with van der Waals surface area (Å²) in [5.41, 5.74) is -0.491. The molecule has 2 rings (SSSR count). The average Bonchev–Trinajstić information content (AvgIpc) is 2.38. The third-order valence-electron chi connectivity index (χ3n) is 4.37. The predicted octanol–water partition coefficient (Wildman–Crippen LogP) is -0.352. The monoisotopic (exact) mass is 304 g/mol. The maximum absolute atomic E-state index is 12.9. The molecule has 1 unspecified atom stereocenters. The minimum absolute atomic E-state index is 0.0586. The summed E-state index contributed by atoms with van der Waals surface area (Å²) in [5.74, 6) is 0.202. The van der Waals surface area contributed by atoms with Crippen LogP contribution in [0, 0.1) is 5.41 Å². The van der Waals surface area contributed by atoms with Crippen molar-refractivity contribution >= 4 is 15.7 Å². The quantitative estimate of drug-likeness (QED) is 0.771. The van der Waals surface area contributed by atoms with Crippen LogP contribution in [-0.4, -0.2) is 70.1 Å². The van der Waals surface area contributed by atoms with Gasteiger partial charge in [0.15, 0.2) is 9.84 Å². The zero-order valence-electron chi connectivity index (χ0n) is 12.2. The van der Waals surface area contributed by atoms with Crippen LogP contribution in [0.1, 0.15) is 19.8 Å². The van der Waals surface area contributed by atoms with E-state index < -0.39 is 15.3 Å². The molecule has 0 aromatic carbocycles. The van der Waals surface area contributed by atoms with Gasteiger partial charge in [0, 0.05) is 19.7 Å². The third-order valence-corrected chi connectivity index (χ3v) is 6.16. The molecule has 0 bridgehead atoms. The summed E-state index contributed by atoms with van der Waals surface area (Å²) in [7, 11) is -1.39. The van der Waals surface area contributed by atoms with E-state index in [1.165, 1.54) is 0 Å². The van der Waals surface area contributed by atoms with Crippen molar-refractivity contribution in [3.63, 3.8) is 0 Å². The van der Waals surface area contributed by atoms with E-state index in [1.807, 2.05) is 6.92 Å². The van der Waals surface area contributed by atoms with E-state index in [1.54, 1.807) is 12.0 Å². The van der Waals surface area contributed by atoms with Crippen LogP contribution in [0.5, 0.6) is 0 Å². The fourth-order valence-corrected chi connectivity index (χ4v) is 4.76. The van der Waals surface area contributed by atoms with E-state index in [9.17, 15) is 13.2 Å². The number of rotatable bonds is 3. The van der Waals surface area contributed by atoms with Crippen LogP contribution in [-0.2, 0) is 19.4 Å². The van der Waals surface area contributed by atoms with Crippen LogP contribution in [0.2, 0.25) is 0 Å². The smallest absolute Gasteiger partial charge is 0.231 e.